The van der Waals surface area contributed by atoms with Crippen molar-refractivity contribution in [3.63, 3.8) is 0 Å². The Hall–Kier alpha value is -0.760. The molecule has 8 heteroatoms. The van der Waals surface area contributed by atoms with E-state index in [1.807, 2.05) is 12.3 Å². The maximum Gasteiger partial charge on any atom is 0.406 e. The van der Waals surface area contributed by atoms with E-state index in [0.717, 1.165) is 23.4 Å². The minimum atomic E-state index is -4.36. The summed E-state index contributed by atoms with van der Waals surface area (Å²) in [6, 6.07) is -0.349. The number of hydrogen-bond acceptors (Lipinski definition) is 4. The third-order valence-corrected chi connectivity index (χ3v) is 5.51. The Kier molecular flexibility index (Phi) is 5.19. The second kappa shape index (κ2) is 6.56. The van der Waals surface area contributed by atoms with Crippen molar-refractivity contribution in [1.82, 2.24) is 9.88 Å². The Labute approximate surface area is 129 Å². The Morgan fingerprint density at radius 3 is 2.71 bits per heavy atom. The number of aryl methyl sites for hydroxylation is 1. The summed E-state index contributed by atoms with van der Waals surface area (Å²) in [6.45, 7) is 2.38. The van der Waals surface area contributed by atoms with Gasteiger partial charge in [-0.2, -0.15) is 13.2 Å². The summed E-state index contributed by atoms with van der Waals surface area (Å²) < 4.78 is 38.7. The van der Waals surface area contributed by atoms with Gasteiger partial charge in [-0.15, -0.1) is 11.3 Å². The van der Waals surface area contributed by atoms with Crippen LogP contribution in [0.3, 0.4) is 0 Å². The summed E-state index contributed by atoms with van der Waals surface area (Å²) >= 11 is 2.60. The molecule has 1 atom stereocenters. The molecule has 0 aromatic carbocycles. The van der Waals surface area contributed by atoms with Gasteiger partial charge in [0.05, 0.1) is 5.75 Å². The van der Waals surface area contributed by atoms with Gasteiger partial charge in [0, 0.05) is 17.1 Å². The Bertz CT molecular complexity index is 500. The highest BCUT2D eigenvalue weighted by Gasteiger charge is 2.40. The van der Waals surface area contributed by atoms with Crippen LogP contribution < -0.4 is 0 Å². The molecule has 1 heterocycles. The first kappa shape index (κ1) is 16.6. The first-order valence-electron chi connectivity index (χ1n) is 6.67. The van der Waals surface area contributed by atoms with Crippen molar-refractivity contribution in [2.24, 2.45) is 5.92 Å². The van der Waals surface area contributed by atoms with Crippen LogP contribution in [0.1, 0.15) is 25.5 Å². The van der Waals surface area contributed by atoms with Gasteiger partial charge in [-0.05, 0) is 32.6 Å². The zero-order valence-corrected chi connectivity index (χ0v) is 13.4. The van der Waals surface area contributed by atoms with E-state index in [9.17, 15) is 18.0 Å². The first-order chi connectivity index (χ1) is 9.76. The lowest BCUT2D eigenvalue weighted by Crippen LogP contribution is -2.46. The van der Waals surface area contributed by atoms with Crippen LogP contribution in [0.5, 0.6) is 0 Å². The second-order valence-electron chi connectivity index (χ2n) is 5.26. The van der Waals surface area contributed by atoms with E-state index in [2.05, 4.69) is 4.98 Å². The molecule has 3 nitrogen and oxygen atoms in total. The van der Waals surface area contributed by atoms with E-state index < -0.39 is 18.6 Å². The average Bonchev–Trinajstić information content (AvgIpc) is 3.15. The number of hydrogen-bond donors (Lipinski definition) is 0. The molecule has 0 unspecified atom stereocenters. The SMILES string of the molecule is Cc1csc(SCC(=O)N(CC(F)(F)F)[C@@H](C)C2CC2)n1. The highest BCUT2D eigenvalue weighted by Crippen LogP contribution is 2.36. The minimum Gasteiger partial charge on any atom is -0.330 e. The summed E-state index contributed by atoms with van der Waals surface area (Å²) in [5.41, 5.74) is 0.855. The fourth-order valence-electron chi connectivity index (χ4n) is 2.09. The summed E-state index contributed by atoms with van der Waals surface area (Å²) in [7, 11) is 0. The molecule has 1 aromatic heterocycles. The highest BCUT2D eigenvalue weighted by molar-refractivity contribution is 8.01. The van der Waals surface area contributed by atoms with E-state index in [0.29, 0.717) is 4.34 Å². The molecule has 0 radical (unpaired) electrons. The number of thioether (sulfide) groups is 1. The average molecular weight is 338 g/mol. The van der Waals surface area contributed by atoms with Crippen LogP contribution in [-0.4, -0.2) is 40.3 Å². The third kappa shape index (κ3) is 5.18. The molecule has 1 amide bonds. The van der Waals surface area contributed by atoms with E-state index in [-0.39, 0.29) is 17.7 Å². The van der Waals surface area contributed by atoms with Crippen LogP contribution >= 0.6 is 23.1 Å². The predicted molar refractivity (Wildman–Crippen MR) is 77.5 cm³/mol. The molecule has 2 rings (SSSR count). The molecule has 0 spiro atoms. The lowest BCUT2D eigenvalue weighted by Gasteiger charge is -2.30. The van der Waals surface area contributed by atoms with Crippen LogP contribution in [-0.2, 0) is 4.79 Å². The molecule has 0 aliphatic heterocycles. The van der Waals surface area contributed by atoms with Gasteiger partial charge in [-0.25, -0.2) is 4.98 Å². The van der Waals surface area contributed by atoms with Crippen molar-refractivity contribution in [1.29, 1.82) is 0 Å². The summed E-state index contributed by atoms with van der Waals surface area (Å²) in [4.78, 5) is 17.3. The second-order valence-corrected chi connectivity index (χ2v) is 7.34. The van der Waals surface area contributed by atoms with E-state index in [4.69, 9.17) is 0 Å². The lowest BCUT2D eigenvalue weighted by molar-refractivity contribution is -0.164. The number of nitrogens with zero attached hydrogens (tertiary/aromatic N) is 2. The van der Waals surface area contributed by atoms with Gasteiger partial charge in [0.1, 0.15) is 6.54 Å². The van der Waals surface area contributed by atoms with Crippen molar-refractivity contribution in [2.45, 2.75) is 43.2 Å². The fraction of sp³-hybridized carbons (Fsp3) is 0.692. The number of halogens is 3. The van der Waals surface area contributed by atoms with Gasteiger partial charge >= 0.3 is 6.18 Å². The van der Waals surface area contributed by atoms with E-state index in [1.54, 1.807) is 6.92 Å². The van der Waals surface area contributed by atoms with Crippen LogP contribution in [0.25, 0.3) is 0 Å². The highest BCUT2D eigenvalue weighted by atomic mass is 32.2. The number of rotatable bonds is 6. The molecule has 21 heavy (non-hydrogen) atoms. The number of aromatic nitrogens is 1. The number of carbonyl (C=O) groups excluding carboxylic acids is 1. The predicted octanol–water partition coefficient (Wildman–Crippen LogP) is 3.73. The molecular formula is C13H17F3N2OS2. The van der Waals surface area contributed by atoms with Gasteiger partial charge in [-0.1, -0.05) is 11.8 Å². The van der Waals surface area contributed by atoms with Crippen molar-refractivity contribution in [3.05, 3.63) is 11.1 Å². The lowest BCUT2D eigenvalue weighted by atomic mass is 10.2. The van der Waals surface area contributed by atoms with Crippen molar-refractivity contribution >= 4 is 29.0 Å². The van der Waals surface area contributed by atoms with Crippen molar-refractivity contribution in [3.8, 4) is 0 Å². The molecule has 1 aliphatic rings. The molecular weight excluding hydrogens is 321 g/mol. The normalized spacial score (nSPS) is 16.8. The number of amides is 1. The summed E-state index contributed by atoms with van der Waals surface area (Å²) in [5, 5.41) is 1.85. The van der Waals surface area contributed by atoms with Crippen LogP contribution in [0.4, 0.5) is 13.2 Å². The monoisotopic (exact) mass is 338 g/mol. The summed E-state index contributed by atoms with van der Waals surface area (Å²) in [6.07, 6.45) is -2.55. The number of thiazole rings is 1. The third-order valence-electron chi connectivity index (χ3n) is 3.38. The van der Waals surface area contributed by atoms with Crippen LogP contribution in [0.2, 0.25) is 0 Å². The van der Waals surface area contributed by atoms with Gasteiger partial charge in [0.25, 0.3) is 0 Å². The van der Waals surface area contributed by atoms with E-state index in [1.165, 1.54) is 23.1 Å². The Morgan fingerprint density at radius 2 is 2.24 bits per heavy atom. The number of alkyl halides is 3. The fourth-order valence-corrected chi connectivity index (χ4v) is 3.83. The first-order valence-corrected chi connectivity index (χ1v) is 8.54. The molecule has 1 aromatic rings. The van der Waals surface area contributed by atoms with Gasteiger partial charge in [0.15, 0.2) is 4.34 Å². The minimum absolute atomic E-state index is 0.0000926. The maximum atomic E-state index is 12.7. The van der Waals surface area contributed by atoms with Crippen LogP contribution in [0.15, 0.2) is 9.72 Å². The van der Waals surface area contributed by atoms with Crippen molar-refractivity contribution < 1.29 is 18.0 Å². The molecule has 0 bridgehead atoms. The summed E-state index contributed by atoms with van der Waals surface area (Å²) in [5.74, 6) is -0.256. The molecule has 0 saturated heterocycles. The van der Waals surface area contributed by atoms with Gasteiger partial charge in [-0.3, -0.25) is 4.79 Å². The molecule has 1 saturated carbocycles. The zero-order chi connectivity index (χ0) is 15.6. The standard InChI is InChI=1S/C13H17F3N2OS2/c1-8-5-20-12(17-8)21-6-11(19)18(7-13(14,15)16)9(2)10-3-4-10/h5,9-10H,3-4,6-7H2,1-2H3/t9-/m0/s1. The number of carbonyl (C=O) groups is 1. The quantitative estimate of drug-likeness (QED) is 0.741. The molecule has 0 N–H and O–H groups in total. The Morgan fingerprint density at radius 1 is 1.57 bits per heavy atom. The molecule has 1 fully saturated rings. The Balaban J connectivity index is 1.96. The van der Waals surface area contributed by atoms with Gasteiger partial charge in [0.2, 0.25) is 5.91 Å². The largest absolute Gasteiger partial charge is 0.406 e. The molecule has 118 valence electrons. The van der Waals surface area contributed by atoms with Gasteiger partial charge < -0.3 is 4.90 Å². The van der Waals surface area contributed by atoms with Crippen molar-refractivity contribution in [2.75, 3.05) is 12.3 Å². The molecule has 1 aliphatic carbocycles. The van der Waals surface area contributed by atoms with Crippen LogP contribution in [0, 0.1) is 12.8 Å². The van der Waals surface area contributed by atoms with E-state index >= 15 is 0 Å². The smallest absolute Gasteiger partial charge is 0.330 e. The maximum absolute atomic E-state index is 12.7. The topological polar surface area (TPSA) is 33.2 Å². The zero-order valence-electron chi connectivity index (χ0n) is 11.8.